The number of carbonyl (C=O) groups excluding carboxylic acids is 1. The van der Waals surface area contributed by atoms with Crippen molar-refractivity contribution in [3.8, 4) is 0 Å². The van der Waals surface area contributed by atoms with E-state index in [4.69, 9.17) is 5.11 Å². The lowest BCUT2D eigenvalue weighted by Gasteiger charge is -2.28. The van der Waals surface area contributed by atoms with E-state index in [1.807, 2.05) is 0 Å². The van der Waals surface area contributed by atoms with E-state index >= 15 is 0 Å². The molecule has 33 heavy (non-hydrogen) atoms. The smallest absolute Gasteiger partial charge is 0.418 e. The minimum Gasteiger partial charge on any atom is -0.481 e. The van der Waals surface area contributed by atoms with Gasteiger partial charge in [0.25, 0.3) is 0 Å². The van der Waals surface area contributed by atoms with E-state index in [0.717, 1.165) is 42.6 Å². The lowest BCUT2D eigenvalue weighted by Crippen LogP contribution is -2.38. The van der Waals surface area contributed by atoms with Crippen LogP contribution in [0.2, 0.25) is 0 Å². The molecule has 1 aromatic carbocycles. The number of nitrogens with one attached hydrogen (secondary N) is 1. The highest BCUT2D eigenvalue weighted by molar-refractivity contribution is 5.80. The molecule has 1 unspecified atom stereocenters. The lowest BCUT2D eigenvalue weighted by molar-refractivity contribution is -0.144. The summed E-state index contributed by atoms with van der Waals surface area (Å²) in [5, 5.41) is 11.6. The number of aromatic nitrogens is 1. The highest BCUT2D eigenvalue weighted by Gasteiger charge is 2.38. The Morgan fingerprint density at radius 1 is 0.909 bits per heavy atom. The molecular weight excluding hydrogens is 454 g/mol. The van der Waals surface area contributed by atoms with Crippen molar-refractivity contribution in [2.75, 3.05) is 0 Å². The number of rotatable bonds is 5. The number of halogens is 6. The monoisotopic (exact) mass is 474 g/mol. The first-order chi connectivity index (χ1) is 15.4. The summed E-state index contributed by atoms with van der Waals surface area (Å²) < 4.78 is 79.6. The van der Waals surface area contributed by atoms with Crippen LogP contribution in [0.3, 0.4) is 0 Å². The van der Waals surface area contributed by atoms with Gasteiger partial charge in [-0.05, 0) is 55.5 Å². The van der Waals surface area contributed by atoms with E-state index in [-0.39, 0.29) is 31.2 Å². The van der Waals surface area contributed by atoms with Crippen LogP contribution in [0.15, 0.2) is 42.6 Å². The van der Waals surface area contributed by atoms with Crippen LogP contribution in [0, 0.1) is 11.8 Å². The van der Waals surface area contributed by atoms with Gasteiger partial charge in [0.2, 0.25) is 5.91 Å². The van der Waals surface area contributed by atoms with Gasteiger partial charge in [-0.1, -0.05) is 12.1 Å². The summed E-state index contributed by atoms with van der Waals surface area (Å²) in [5.74, 6) is -2.80. The van der Waals surface area contributed by atoms with Crippen molar-refractivity contribution >= 4 is 11.9 Å². The van der Waals surface area contributed by atoms with Gasteiger partial charge in [0.15, 0.2) is 0 Å². The Hall–Kier alpha value is -3.11. The van der Waals surface area contributed by atoms with Crippen LogP contribution in [-0.2, 0) is 21.9 Å². The van der Waals surface area contributed by atoms with Gasteiger partial charge < -0.3 is 10.4 Å². The second-order valence-corrected chi connectivity index (χ2v) is 7.88. The molecule has 1 aliphatic carbocycles. The average molecular weight is 474 g/mol. The molecule has 1 atom stereocenters. The maximum atomic E-state index is 13.6. The van der Waals surface area contributed by atoms with Gasteiger partial charge in [0.1, 0.15) is 0 Å². The molecule has 0 aliphatic heterocycles. The predicted octanol–water partition coefficient (Wildman–Crippen LogP) is 5.22. The Labute approximate surface area is 184 Å². The summed E-state index contributed by atoms with van der Waals surface area (Å²) in [4.78, 5) is 27.8. The Kier molecular flexibility index (Phi) is 6.99. The summed E-state index contributed by atoms with van der Waals surface area (Å²) >= 11 is 0. The standard InChI is InChI=1S/C22H20F6N2O3/c23-21(24,25)15-9-7-12(8-10-15)17(18-16(22(26,27)28)2-1-11-29-18)30-19(31)13-3-5-14(6-4-13)20(32)33/h1-2,7-11,13-14,17H,3-6H2,(H,30,31)(H,32,33). The van der Waals surface area contributed by atoms with E-state index in [2.05, 4.69) is 10.3 Å². The third kappa shape index (κ3) is 5.82. The summed E-state index contributed by atoms with van der Waals surface area (Å²) in [6.07, 6.45) is -7.38. The van der Waals surface area contributed by atoms with Crippen LogP contribution in [0.4, 0.5) is 26.3 Å². The Morgan fingerprint density at radius 2 is 1.48 bits per heavy atom. The fourth-order valence-electron chi connectivity index (χ4n) is 3.92. The molecular formula is C22H20F6N2O3. The van der Waals surface area contributed by atoms with Gasteiger partial charge in [-0.25, -0.2) is 0 Å². The van der Waals surface area contributed by atoms with Crippen LogP contribution in [0.5, 0.6) is 0 Å². The fraction of sp³-hybridized carbons (Fsp3) is 0.409. The predicted molar refractivity (Wildman–Crippen MR) is 104 cm³/mol. The molecule has 178 valence electrons. The van der Waals surface area contributed by atoms with Gasteiger partial charge >= 0.3 is 18.3 Å². The molecule has 1 fully saturated rings. The van der Waals surface area contributed by atoms with Crippen molar-refractivity contribution in [1.29, 1.82) is 0 Å². The number of aliphatic carboxylic acids is 1. The van der Waals surface area contributed by atoms with Crippen molar-refractivity contribution in [2.24, 2.45) is 11.8 Å². The van der Waals surface area contributed by atoms with Gasteiger partial charge in [-0.3, -0.25) is 14.6 Å². The first kappa shape index (κ1) is 24.5. The molecule has 1 aromatic heterocycles. The Morgan fingerprint density at radius 3 is 2.00 bits per heavy atom. The van der Waals surface area contributed by atoms with Gasteiger partial charge in [-0.15, -0.1) is 0 Å². The minimum absolute atomic E-state index is 0.000211. The Balaban J connectivity index is 1.94. The summed E-state index contributed by atoms with van der Waals surface area (Å²) in [5.41, 5.74) is -2.65. The molecule has 1 heterocycles. The molecule has 1 saturated carbocycles. The van der Waals surface area contributed by atoms with Crippen LogP contribution < -0.4 is 5.32 Å². The molecule has 2 N–H and O–H groups in total. The highest BCUT2D eigenvalue weighted by atomic mass is 19.4. The third-order valence-electron chi connectivity index (χ3n) is 5.72. The van der Waals surface area contributed by atoms with Crippen molar-refractivity contribution in [1.82, 2.24) is 10.3 Å². The van der Waals surface area contributed by atoms with Crippen molar-refractivity contribution < 1.29 is 41.0 Å². The molecule has 2 aromatic rings. The molecule has 0 saturated heterocycles. The number of hydrogen-bond donors (Lipinski definition) is 2. The second-order valence-electron chi connectivity index (χ2n) is 7.88. The van der Waals surface area contributed by atoms with Crippen LogP contribution in [0.1, 0.15) is 54.1 Å². The lowest BCUT2D eigenvalue weighted by atomic mass is 9.81. The van der Waals surface area contributed by atoms with E-state index in [9.17, 15) is 35.9 Å². The quantitative estimate of drug-likeness (QED) is 0.583. The first-order valence-corrected chi connectivity index (χ1v) is 10.1. The molecule has 11 heteroatoms. The maximum Gasteiger partial charge on any atom is 0.418 e. The molecule has 1 amide bonds. The third-order valence-corrected chi connectivity index (χ3v) is 5.72. The summed E-state index contributed by atoms with van der Waals surface area (Å²) in [7, 11) is 0. The van der Waals surface area contributed by atoms with Crippen LogP contribution in [0.25, 0.3) is 0 Å². The molecule has 0 spiro atoms. The zero-order chi connectivity index (χ0) is 24.4. The van der Waals surface area contributed by atoms with E-state index in [0.29, 0.717) is 0 Å². The number of amides is 1. The minimum atomic E-state index is -4.81. The zero-order valence-corrected chi connectivity index (χ0v) is 17.1. The van der Waals surface area contributed by atoms with Crippen LogP contribution in [-0.4, -0.2) is 22.0 Å². The van der Waals surface area contributed by atoms with Crippen molar-refractivity contribution in [2.45, 2.75) is 44.1 Å². The normalized spacial score (nSPS) is 20.2. The molecule has 5 nitrogen and oxygen atoms in total. The number of pyridine rings is 1. The highest BCUT2D eigenvalue weighted by Crippen LogP contribution is 2.37. The fourth-order valence-corrected chi connectivity index (χ4v) is 3.92. The average Bonchev–Trinajstić information content (AvgIpc) is 2.76. The molecule has 1 aliphatic rings. The van der Waals surface area contributed by atoms with E-state index in [1.165, 1.54) is 0 Å². The number of carboxylic acids is 1. The molecule has 3 rings (SSSR count). The topological polar surface area (TPSA) is 79.3 Å². The van der Waals surface area contributed by atoms with E-state index in [1.54, 1.807) is 0 Å². The number of nitrogens with zero attached hydrogens (tertiary/aromatic N) is 1. The Bertz CT molecular complexity index is 996. The summed E-state index contributed by atoms with van der Waals surface area (Å²) in [6.45, 7) is 0. The number of benzene rings is 1. The van der Waals surface area contributed by atoms with E-state index < -0.39 is 58.9 Å². The zero-order valence-electron chi connectivity index (χ0n) is 17.1. The number of carboxylic acid groups (broad SMARTS) is 1. The van der Waals surface area contributed by atoms with Gasteiger partial charge in [0.05, 0.1) is 28.8 Å². The van der Waals surface area contributed by atoms with Gasteiger partial charge in [-0.2, -0.15) is 26.3 Å². The van der Waals surface area contributed by atoms with Crippen molar-refractivity contribution in [3.63, 3.8) is 0 Å². The van der Waals surface area contributed by atoms with Crippen LogP contribution >= 0.6 is 0 Å². The first-order valence-electron chi connectivity index (χ1n) is 10.1. The SMILES string of the molecule is O=C(O)C1CCC(C(=O)NC(c2ccc(C(F)(F)F)cc2)c2ncccc2C(F)(F)F)CC1. The molecule has 0 bridgehead atoms. The summed E-state index contributed by atoms with van der Waals surface area (Å²) in [6, 6.07) is 3.86. The molecule has 0 radical (unpaired) electrons. The number of alkyl halides is 6. The number of hydrogen-bond acceptors (Lipinski definition) is 3. The van der Waals surface area contributed by atoms with Gasteiger partial charge in [0, 0.05) is 12.1 Å². The van der Waals surface area contributed by atoms with Crippen molar-refractivity contribution in [3.05, 3.63) is 65.0 Å². The maximum absolute atomic E-state index is 13.6. The number of carbonyl (C=O) groups is 2. The largest absolute Gasteiger partial charge is 0.481 e. The second kappa shape index (κ2) is 9.40.